The van der Waals surface area contributed by atoms with Gasteiger partial charge in [0.05, 0.1) is 26.4 Å². The molecule has 92 heavy (non-hydrogen) atoms. The molecule has 0 fully saturated rings. The minimum atomic E-state index is -4.95. The summed E-state index contributed by atoms with van der Waals surface area (Å²) in [7, 11) is -9.90. The maximum absolute atomic E-state index is 13.1. The number of carbonyl (C=O) groups is 4. The van der Waals surface area contributed by atoms with E-state index in [0.717, 1.165) is 95.8 Å². The van der Waals surface area contributed by atoms with Gasteiger partial charge >= 0.3 is 39.5 Å². The highest BCUT2D eigenvalue weighted by Gasteiger charge is 2.30. The van der Waals surface area contributed by atoms with Crippen molar-refractivity contribution in [3.63, 3.8) is 0 Å². The number of ether oxygens (including phenoxy) is 4. The van der Waals surface area contributed by atoms with Crippen LogP contribution in [0.4, 0.5) is 0 Å². The van der Waals surface area contributed by atoms with Crippen molar-refractivity contribution in [1.82, 2.24) is 0 Å². The monoisotopic (exact) mass is 1350 g/mol. The highest BCUT2D eigenvalue weighted by Crippen LogP contribution is 2.45. The molecule has 0 bridgehead atoms. The molecule has 3 N–H and O–H groups in total. The molecule has 0 aliphatic carbocycles. The molecular formula is C73H142O17P2. The molecule has 5 atom stereocenters. The van der Waals surface area contributed by atoms with Crippen molar-refractivity contribution < 1.29 is 80.2 Å². The van der Waals surface area contributed by atoms with Crippen molar-refractivity contribution in [2.45, 2.75) is 400 Å². The lowest BCUT2D eigenvalue weighted by molar-refractivity contribution is -0.161. The summed E-state index contributed by atoms with van der Waals surface area (Å²) in [5, 5.41) is 10.6. The molecule has 0 heterocycles. The van der Waals surface area contributed by atoms with E-state index in [0.29, 0.717) is 25.7 Å². The second-order valence-corrected chi connectivity index (χ2v) is 29.7. The number of esters is 4. The Morgan fingerprint density at radius 2 is 0.500 bits per heavy atom. The standard InChI is InChI=1S/C73H142O17P2/c1-6-9-12-15-18-21-23-25-27-29-31-33-38-43-48-53-58-72(77)89-69(63-84-71(76)57-52-47-42-37-32-30-28-26-24-22-19-16-13-10-7-2)65-88-92(81,82)86-61-67(74)60-85-91(79,80)87-64-68(62-83-70(75)56-51-46-41-35-20-17-14-11-8-3)90-73(78)59-54-49-44-39-34-36-40-45-50-55-66(4)5/h66-69,74H,6-65H2,1-5H3,(H,79,80)(H,81,82)/t67-,68+,69+/m0/s1. The molecule has 0 radical (unpaired) electrons. The predicted molar refractivity (Wildman–Crippen MR) is 372 cm³/mol. The molecule has 0 aromatic carbocycles. The summed E-state index contributed by atoms with van der Waals surface area (Å²) in [5.41, 5.74) is 0. The molecule has 0 aliphatic rings. The van der Waals surface area contributed by atoms with E-state index < -0.39 is 97.5 Å². The van der Waals surface area contributed by atoms with E-state index in [1.54, 1.807) is 0 Å². The van der Waals surface area contributed by atoms with Gasteiger partial charge in [-0.2, -0.15) is 0 Å². The Bertz CT molecular complexity index is 1770. The van der Waals surface area contributed by atoms with Crippen molar-refractivity contribution in [1.29, 1.82) is 0 Å². The van der Waals surface area contributed by atoms with Crippen molar-refractivity contribution >= 4 is 39.5 Å². The number of hydrogen-bond acceptors (Lipinski definition) is 15. The first kappa shape index (κ1) is 90.1. The van der Waals surface area contributed by atoms with E-state index in [1.165, 1.54) is 205 Å². The Balaban J connectivity index is 5.23. The van der Waals surface area contributed by atoms with Crippen molar-refractivity contribution in [2.24, 2.45) is 5.92 Å². The molecule has 0 aliphatic heterocycles. The molecular weight excluding hydrogens is 1210 g/mol. The third kappa shape index (κ3) is 66.7. The predicted octanol–water partition coefficient (Wildman–Crippen LogP) is 21.3. The first-order valence-corrected chi connectivity index (χ1v) is 41.1. The molecule has 0 aromatic rings. The molecule has 0 saturated carbocycles. The fourth-order valence-corrected chi connectivity index (χ4v) is 12.8. The Kier molecular flexibility index (Phi) is 64.9. The molecule has 0 saturated heterocycles. The number of rotatable bonds is 73. The summed E-state index contributed by atoms with van der Waals surface area (Å²) < 4.78 is 68.4. The lowest BCUT2D eigenvalue weighted by Gasteiger charge is -2.21. The maximum atomic E-state index is 13.1. The molecule has 0 amide bonds. The highest BCUT2D eigenvalue weighted by molar-refractivity contribution is 7.47. The van der Waals surface area contributed by atoms with Crippen LogP contribution in [0.5, 0.6) is 0 Å². The molecule has 0 spiro atoms. The second kappa shape index (κ2) is 66.3. The van der Waals surface area contributed by atoms with Crippen LogP contribution in [0, 0.1) is 5.92 Å². The van der Waals surface area contributed by atoms with Gasteiger partial charge in [0.15, 0.2) is 12.2 Å². The fraction of sp³-hybridized carbons (Fsp3) is 0.945. The SMILES string of the molecule is CCCCCCCCCCCCCCCCCCC(=O)O[C@H](COC(=O)CCCCCCCCCCCCCCCCC)COP(=O)(O)OC[C@@H](O)COP(=O)(O)OC[C@@H](COC(=O)CCCCCCCCCCC)OC(=O)CCCCCCCCCCCC(C)C. The Morgan fingerprint density at radius 3 is 0.739 bits per heavy atom. The van der Waals surface area contributed by atoms with Crippen molar-refractivity contribution in [3.05, 3.63) is 0 Å². The third-order valence-electron chi connectivity index (χ3n) is 17.0. The first-order chi connectivity index (χ1) is 44.5. The smallest absolute Gasteiger partial charge is 0.462 e. The lowest BCUT2D eigenvalue weighted by Crippen LogP contribution is -2.30. The van der Waals surface area contributed by atoms with Crippen molar-refractivity contribution in [2.75, 3.05) is 39.6 Å². The van der Waals surface area contributed by atoms with Gasteiger partial charge < -0.3 is 33.8 Å². The van der Waals surface area contributed by atoms with E-state index in [9.17, 15) is 43.2 Å². The number of phosphoric ester groups is 2. The third-order valence-corrected chi connectivity index (χ3v) is 18.9. The van der Waals surface area contributed by atoms with E-state index in [2.05, 4.69) is 34.6 Å². The average Bonchev–Trinajstić information content (AvgIpc) is 2.09. The van der Waals surface area contributed by atoms with Gasteiger partial charge in [-0.25, -0.2) is 9.13 Å². The molecule has 0 aromatic heterocycles. The normalized spacial score (nSPS) is 14.0. The lowest BCUT2D eigenvalue weighted by atomic mass is 10.0. The van der Waals surface area contributed by atoms with Crippen LogP contribution in [-0.2, 0) is 65.4 Å². The summed E-state index contributed by atoms with van der Waals surface area (Å²) in [4.78, 5) is 72.6. The van der Waals surface area contributed by atoms with Gasteiger partial charge in [-0.15, -0.1) is 0 Å². The average molecular weight is 1350 g/mol. The number of carbonyl (C=O) groups excluding carboxylic acids is 4. The summed E-state index contributed by atoms with van der Waals surface area (Å²) in [6.07, 6.45) is 54.0. The number of aliphatic hydroxyl groups excluding tert-OH is 1. The second-order valence-electron chi connectivity index (χ2n) is 26.8. The molecule has 19 heteroatoms. The van der Waals surface area contributed by atoms with Gasteiger partial charge in [0.2, 0.25) is 0 Å². The van der Waals surface area contributed by atoms with Gasteiger partial charge in [-0.05, 0) is 31.6 Å². The van der Waals surface area contributed by atoms with E-state index >= 15 is 0 Å². The van der Waals surface area contributed by atoms with Crippen LogP contribution in [0.15, 0.2) is 0 Å². The van der Waals surface area contributed by atoms with E-state index in [1.807, 2.05) is 0 Å². The summed E-state index contributed by atoms with van der Waals surface area (Å²) >= 11 is 0. The van der Waals surface area contributed by atoms with Gasteiger partial charge in [-0.3, -0.25) is 37.3 Å². The number of aliphatic hydroxyl groups is 1. The van der Waals surface area contributed by atoms with Crippen molar-refractivity contribution in [3.8, 4) is 0 Å². The molecule has 0 rings (SSSR count). The van der Waals surface area contributed by atoms with Gasteiger partial charge in [-0.1, -0.05) is 330 Å². The summed E-state index contributed by atoms with van der Waals surface area (Å²) in [6.45, 7) is 7.24. The number of hydrogen-bond donors (Lipinski definition) is 3. The van der Waals surface area contributed by atoms with Crippen LogP contribution < -0.4 is 0 Å². The molecule has 17 nitrogen and oxygen atoms in total. The van der Waals surface area contributed by atoms with Crippen LogP contribution in [0.2, 0.25) is 0 Å². The van der Waals surface area contributed by atoms with E-state index in [-0.39, 0.29) is 25.7 Å². The van der Waals surface area contributed by atoms with Crippen LogP contribution in [0.1, 0.15) is 381 Å². The van der Waals surface area contributed by atoms with Crippen LogP contribution in [-0.4, -0.2) is 96.7 Å². The van der Waals surface area contributed by atoms with E-state index in [4.69, 9.17) is 37.0 Å². The Morgan fingerprint density at radius 1 is 0.293 bits per heavy atom. The minimum Gasteiger partial charge on any atom is -0.462 e. The fourth-order valence-electron chi connectivity index (χ4n) is 11.2. The van der Waals surface area contributed by atoms with Gasteiger partial charge in [0.25, 0.3) is 0 Å². The topological polar surface area (TPSA) is 237 Å². The maximum Gasteiger partial charge on any atom is 0.472 e. The van der Waals surface area contributed by atoms with Gasteiger partial charge in [0, 0.05) is 25.7 Å². The largest absolute Gasteiger partial charge is 0.472 e. The number of phosphoric acid groups is 2. The van der Waals surface area contributed by atoms with Crippen LogP contribution in [0.3, 0.4) is 0 Å². The summed E-state index contributed by atoms with van der Waals surface area (Å²) in [5.74, 6) is -1.38. The zero-order chi connectivity index (χ0) is 67.7. The zero-order valence-electron chi connectivity index (χ0n) is 59.7. The van der Waals surface area contributed by atoms with Crippen LogP contribution >= 0.6 is 15.6 Å². The minimum absolute atomic E-state index is 0.106. The Labute approximate surface area is 562 Å². The molecule has 546 valence electrons. The summed E-state index contributed by atoms with van der Waals surface area (Å²) in [6, 6.07) is 0. The van der Waals surface area contributed by atoms with Crippen LogP contribution in [0.25, 0.3) is 0 Å². The zero-order valence-corrected chi connectivity index (χ0v) is 61.5. The first-order valence-electron chi connectivity index (χ1n) is 38.1. The Hall–Kier alpha value is -1.94. The van der Waals surface area contributed by atoms with Gasteiger partial charge in [0.1, 0.15) is 19.3 Å². The highest BCUT2D eigenvalue weighted by atomic mass is 31.2. The quantitative estimate of drug-likeness (QED) is 0.0222. The molecule has 2 unspecified atom stereocenters. The number of unbranched alkanes of at least 4 members (excludes halogenated alkanes) is 45.